The van der Waals surface area contributed by atoms with Gasteiger partial charge < -0.3 is 9.73 Å². The van der Waals surface area contributed by atoms with E-state index in [9.17, 15) is 4.79 Å². The summed E-state index contributed by atoms with van der Waals surface area (Å²) < 4.78 is 5.17. The monoisotopic (exact) mass is 244 g/mol. The highest BCUT2D eigenvalue weighted by atomic mass is 35.5. The Hall–Kier alpha value is -1.00. The first kappa shape index (κ1) is 13.1. The van der Waals surface area contributed by atoms with Gasteiger partial charge in [0.2, 0.25) is 5.91 Å². The summed E-state index contributed by atoms with van der Waals surface area (Å²) in [5.41, 5.74) is 0. The molecule has 16 heavy (non-hydrogen) atoms. The molecule has 0 radical (unpaired) electrons. The predicted octanol–water partition coefficient (Wildman–Crippen LogP) is 1.94. The summed E-state index contributed by atoms with van der Waals surface area (Å²) in [6.07, 6.45) is 0.937. The third kappa shape index (κ3) is 4.24. The van der Waals surface area contributed by atoms with E-state index in [4.69, 9.17) is 16.0 Å². The van der Waals surface area contributed by atoms with E-state index in [0.29, 0.717) is 18.3 Å². The molecule has 1 atom stereocenters. The van der Waals surface area contributed by atoms with Crippen molar-refractivity contribution in [2.24, 2.45) is 0 Å². The molecule has 0 aliphatic rings. The Morgan fingerprint density at radius 3 is 2.88 bits per heavy atom. The number of hydrogen-bond donors (Lipinski definition) is 2. The maximum atomic E-state index is 11.5. The van der Waals surface area contributed by atoms with Crippen LogP contribution >= 0.6 is 11.6 Å². The molecule has 1 aromatic heterocycles. The summed E-state index contributed by atoms with van der Waals surface area (Å²) in [7, 11) is 0. The topological polar surface area (TPSA) is 54.3 Å². The van der Waals surface area contributed by atoms with Crippen molar-refractivity contribution >= 4 is 17.5 Å². The molecule has 90 valence electrons. The van der Waals surface area contributed by atoms with Crippen LogP contribution in [0.1, 0.15) is 26.0 Å². The molecule has 1 rings (SSSR count). The molecule has 0 aliphatic heterocycles. The molecule has 1 aromatic rings. The molecule has 0 saturated heterocycles. The minimum absolute atomic E-state index is 0.000460. The molecule has 0 aliphatic carbocycles. The summed E-state index contributed by atoms with van der Waals surface area (Å²) in [6, 6.07) is 3.22. The minimum Gasteiger partial charge on any atom is -0.448 e. The van der Waals surface area contributed by atoms with Crippen LogP contribution in [0, 0.1) is 0 Å². The Kier molecular flexibility index (Phi) is 5.35. The highest BCUT2D eigenvalue weighted by molar-refractivity contribution is 6.28. The van der Waals surface area contributed by atoms with Crippen LogP contribution in [0.25, 0.3) is 0 Å². The van der Waals surface area contributed by atoms with E-state index in [1.165, 1.54) is 0 Å². The molecule has 1 amide bonds. The van der Waals surface area contributed by atoms with Gasteiger partial charge in [-0.1, -0.05) is 6.92 Å². The second-order valence-corrected chi connectivity index (χ2v) is 3.97. The van der Waals surface area contributed by atoms with Crippen LogP contribution < -0.4 is 10.6 Å². The summed E-state index contributed by atoms with van der Waals surface area (Å²) in [5.74, 6) is 0.722. The number of furan rings is 1. The van der Waals surface area contributed by atoms with Crippen molar-refractivity contribution in [1.82, 2.24) is 10.6 Å². The normalized spacial score (nSPS) is 12.4. The van der Waals surface area contributed by atoms with Crippen LogP contribution in [0.5, 0.6) is 0 Å². The maximum absolute atomic E-state index is 11.5. The van der Waals surface area contributed by atoms with Gasteiger partial charge in [0.25, 0.3) is 0 Å². The Morgan fingerprint density at radius 2 is 2.31 bits per heavy atom. The molecule has 1 unspecified atom stereocenters. The zero-order valence-electron chi connectivity index (χ0n) is 9.55. The van der Waals surface area contributed by atoms with Gasteiger partial charge in [-0.15, -0.1) is 0 Å². The SMILES string of the molecule is CCCNC(=O)C(C)NCc1ccc(Cl)o1. The molecule has 0 aromatic carbocycles. The van der Waals surface area contributed by atoms with Crippen molar-refractivity contribution in [2.75, 3.05) is 6.54 Å². The number of amides is 1. The van der Waals surface area contributed by atoms with Gasteiger partial charge in [-0.2, -0.15) is 0 Å². The zero-order chi connectivity index (χ0) is 12.0. The van der Waals surface area contributed by atoms with Gasteiger partial charge in [-0.05, 0) is 37.1 Å². The van der Waals surface area contributed by atoms with E-state index in [2.05, 4.69) is 10.6 Å². The Bertz CT molecular complexity index is 338. The van der Waals surface area contributed by atoms with Crippen LogP contribution in [0.2, 0.25) is 5.22 Å². The molecule has 5 heteroatoms. The van der Waals surface area contributed by atoms with Gasteiger partial charge in [0.05, 0.1) is 12.6 Å². The van der Waals surface area contributed by atoms with Gasteiger partial charge >= 0.3 is 0 Å². The fraction of sp³-hybridized carbons (Fsp3) is 0.545. The van der Waals surface area contributed by atoms with Gasteiger partial charge in [-0.3, -0.25) is 10.1 Å². The highest BCUT2D eigenvalue weighted by Crippen LogP contribution is 2.12. The van der Waals surface area contributed by atoms with E-state index in [1.807, 2.05) is 13.8 Å². The molecule has 0 spiro atoms. The second kappa shape index (κ2) is 6.55. The first-order chi connectivity index (χ1) is 7.63. The van der Waals surface area contributed by atoms with Gasteiger partial charge in [-0.25, -0.2) is 0 Å². The van der Waals surface area contributed by atoms with Crippen LogP contribution in [-0.2, 0) is 11.3 Å². The largest absolute Gasteiger partial charge is 0.448 e. The number of halogens is 1. The molecule has 0 fully saturated rings. The van der Waals surface area contributed by atoms with Crippen molar-refractivity contribution in [3.05, 3.63) is 23.1 Å². The third-order valence-electron chi connectivity index (χ3n) is 2.15. The summed E-state index contributed by atoms with van der Waals surface area (Å²) in [5, 5.41) is 6.23. The number of rotatable bonds is 6. The van der Waals surface area contributed by atoms with E-state index < -0.39 is 0 Å². The van der Waals surface area contributed by atoms with Crippen molar-refractivity contribution in [3.63, 3.8) is 0 Å². The lowest BCUT2D eigenvalue weighted by Gasteiger charge is -2.12. The highest BCUT2D eigenvalue weighted by Gasteiger charge is 2.11. The first-order valence-electron chi connectivity index (χ1n) is 5.38. The minimum atomic E-state index is -0.240. The van der Waals surface area contributed by atoms with E-state index in [0.717, 1.165) is 12.2 Å². The summed E-state index contributed by atoms with van der Waals surface area (Å²) in [4.78, 5) is 11.5. The first-order valence-corrected chi connectivity index (χ1v) is 5.76. The molecule has 1 heterocycles. The Balaban J connectivity index is 2.29. The van der Waals surface area contributed by atoms with Crippen LogP contribution in [-0.4, -0.2) is 18.5 Å². The fourth-order valence-electron chi connectivity index (χ4n) is 1.19. The second-order valence-electron chi connectivity index (χ2n) is 3.60. The Morgan fingerprint density at radius 1 is 1.56 bits per heavy atom. The maximum Gasteiger partial charge on any atom is 0.236 e. The average Bonchev–Trinajstić information content (AvgIpc) is 2.68. The van der Waals surface area contributed by atoms with Gasteiger partial charge in [0.1, 0.15) is 5.76 Å². The van der Waals surface area contributed by atoms with Crippen molar-refractivity contribution in [2.45, 2.75) is 32.9 Å². The summed E-state index contributed by atoms with van der Waals surface area (Å²) >= 11 is 5.63. The molecular weight excluding hydrogens is 228 g/mol. The lowest BCUT2D eigenvalue weighted by molar-refractivity contribution is -0.122. The Labute approximate surface area is 100 Å². The number of hydrogen-bond acceptors (Lipinski definition) is 3. The third-order valence-corrected chi connectivity index (χ3v) is 2.36. The lowest BCUT2D eigenvalue weighted by atomic mass is 10.3. The molecule has 2 N–H and O–H groups in total. The smallest absolute Gasteiger partial charge is 0.236 e. The number of carbonyl (C=O) groups excluding carboxylic acids is 1. The van der Waals surface area contributed by atoms with Gasteiger partial charge in [0, 0.05) is 6.54 Å². The molecular formula is C11H17ClN2O2. The summed E-state index contributed by atoms with van der Waals surface area (Å²) in [6.45, 7) is 5.03. The van der Waals surface area contributed by atoms with Crippen molar-refractivity contribution in [3.8, 4) is 0 Å². The number of carbonyl (C=O) groups is 1. The predicted molar refractivity (Wildman–Crippen MR) is 63.3 cm³/mol. The molecule has 0 bridgehead atoms. The standard InChI is InChI=1S/C11H17ClN2O2/c1-3-6-13-11(15)8(2)14-7-9-4-5-10(12)16-9/h4-5,8,14H,3,6-7H2,1-2H3,(H,13,15). The zero-order valence-corrected chi connectivity index (χ0v) is 10.3. The van der Waals surface area contributed by atoms with Gasteiger partial charge in [0.15, 0.2) is 5.22 Å². The van der Waals surface area contributed by atoms with Crippen molar-refractivity contribution in [1.29, 1.82) is 0 Å². The quantitative estimate of drug-likeness (QED) is 0.804. The fourth-order valence-corrected chi connectivity index (χ4v) is 1.36. The average molecular weight is 245 g/mol. The number of nitrogens with one attached hydrogen (secondary N) is 2. The van der Waals surface area contributed by atoms with E-state index in [-0.39, 0.29) is 11.9 Å². The van der Waals surface area contributed by atoms with Crippen LogP contribution in [0.15, 0.2) is 16.5 Å². The van der Waals surface area contributed by atoms with E-state index >= 15 is 0 Å². The van der Waals surface area contributed by atoms with E-state index in [1.54, 1.807) is 12.1 Å². The van der Waals surface area contributed by atoms with Crippen molar-refractivity contribution < 1.29 is 9.21 Å². The van der Waals surface area contributed by atoms with Crippen LogP contribution in [0.3, 0.4) is 0 Å². The molecule has 0 saturated carbocycles. The van der Waals surface area contributed by atoms with Crippen LogP contribution in [0.4, 0.5) is 0 Å². The lowest BCUT2D eigenvalue weighted by Crippen LogP contribution is -2.41. The molecule has 4 nitrogen and oxygen atoms in total.